The fourth-order valence-corrected chi connectivity index (χ4v) is 6.42. The third kappa shape index (κ3) is 3.52. The zero-order valence-electron chi connectivity index (χ0n) is 23.1. The molecule has 0 N–H and O–H groups in total. The van der Waals surface area contributed by atoms with Gasteiger partial charge >= 0.3 is 0 Å². The van der Waals surface area contributed by atoms with E-state index in [9.17, 15) is 0 Å². The molecule has 0 aliphatic rings. The average Bonchev–Trinajstić information content (AvgIpc) is 3.76. The minimum absolute atomic E-state index is 0.584. The molecule has 0 aliphatic heterocycles. The van der Waals surface area contributed by atoms with Crippen LogP contribution in [0, 0.1) is 0 Å². The predicted molar refractivity (Wildman–Crippen MR) is 174 cm³/mol. The second-order valence-corrected chi connectivity index (χ2v) is 10.7. The van der Waals surface area contributed by atoms with Crippen LogP contribution in [0.4, 0.5) is 0 Å². The summed E-state index contributed by atoms with van der Waals surface area (Å²) in [5.41, 5.74) is 8.07. The Morgan fingerprint density at radius 2 is 1.07 bits per heavy atom. The Hall–Kier alpha value is -5.94. The Kier molecular flexibility index (Phi) is 5.13. The van der Waals surface area contributed by atoms with Crippen molar-refractivity contribution >= 4 is 43.6 Å². The topological polar surface area (TPSA) is 48.8 Å². The second-order valence-electron chi connectivity index (χ2n) is 10.7. The number of rotatable bonds is 4. The van der Waals surface area contributed by atoms with Gasteiger partial charge in [0, 0.05) is 38.9 Å². The second kappa shape index (κ2) is 9.29. The summed E-state index contributed by atoms with van der Waals surface area (Å²) < 4.78 is 11.4. The van der Waals surface area contributed by atoms with Gasteiger partial charge in [0.15, 0.2) is 0 Å². The van der Waals surface area contributed by atoms with Gasteiger partial charge in [-0.05, 0) is 36.4 Å². The van der Waals surface area contributed by atoms with Crippen molar-refractivity contribution in [2.24, 2.45) is 0 Å². The third-order valence-electron chi connectivity index (χ3n) is 8.25. The van der Waals surface area contributed by atoms with Crippen LogP contribution >= 0.6 is 0 Å². The van der Waals surface area contributed by atoms with Crippen molar-refractivity contribution in [3.05, 3.63) is 146 Å². The highest BCUT2D eigenvalue weighted by Gasteiger charge is 2.26. The molecule has 0 saturated carbocycles. The quantitative estimate of drug-likeness (QED) is 0.218. The molecule has 5 nitrogen and oxygen atoms in total. The lowest BCUT2D eigenvalue weighted by atomic mass is 10.1. The molecule has 0 radical (unpaired) electrons. The van der Waals surface area contributed by atoms with Crippen LogP contribution in [0.5, 0.6) is 0 Å². The number of nitrogens with zero attached hydrogens (tertiary/aromatic N) is 4. The molecule has 0 saturated heterocycles. The van der Waals surface area contributed by atoms with E-state index in [0.717, 1.165) is 55.3 Å². The number of oxazole rings is 1. The van der Waals surface area contributed by atoms with Crippen molar-refractivity contribution in [2.75, 3.05) is 0 Å². The number of aromatic nitrogens is 4. The van der Waals surface area contributed by atoms with Gasteiger partial charge in [-0.3, -0.25) is 9.55 Å². The van der Waals surface area contributed by atoms with E-state index < -0.39 is 0 Å². The summed E-state index contributed by atoms with van der Waals surface area (Å²) in [4.78, 5) is 9.61. The van der Waals surface area contributed by atoms with Crippen LogP contribution in [0.15, 0.2) is 150 Å². The van der Waals surface area contributed by atoms with Gasteiger partial charge in [-0.25, -0.2) is 4.98 Å². The first kappa shape index (κ1) is 23.7. The van der Waals surface area contributed by atoms with E-state index in [2.05, 4.69) is 93.0 Å². The molecule has 0 aliphatic carbocycles. The number of fused-ring (bicyclic) bond motifs is 7. The predicted octanol–water partition coefficient (Wildman–Crippen LogP) is 9.60. The fraction of sp³-hybridized carbons (Fsp3) is 0. The van der Waals surface area contributed by atoms with E-state index in [0.29, 0.717) is 11.8 Å². The van der Waals surface area contributed by atoms with E-state index in [-0.39, 0.29) is 0 Å². The minimum atomic E-state index is 0.584. The van der Waals surface area contributed by atoms with Crippen molar-refractivity contribution in [3.8, 4) is 34.3 Å². The number of pyridine rings is 1. The van der Waals surface area contributed by atoms with Crippen LogP contribution in [-0.2, 0) is 0 Å². The third-order valence-corrected chi connectivity index (χ3v) is 8.25. The molecular formula is C38H24N4O. The molecule has 0 spiro atoms. The standard InChI is InChI=1S/C38H24N4O/c1-3-12-25(13-4-1)34-38(43-37(40-34)26-14-5-2-6-15-26)42-33-20-10-8-18-29(33)31-22-21-30-28-17-7-9-19-32(28)41(35(30)36(31)42)27-16-11-23-39-24-27/h1-24H. The highest BCUT2D eigenvalue weighted by atomic mass is 16.4. The first-order valence-corrected chi connectivity index (χ1v) is 14.3. The van der Waals surface area contributed by atoms with Gasteiger partial charge in [0.1, 0.15) is 5.69 Å². The molecule has 9 aromatic rings. The van der Waals surface area contributed by atoms with Crippen LogP contribution in [0.2, 0.25) is 0 Å². The van der Waals surface area contributed by atoms with E-state index in [1.807, 2.05) is 67.0 Å². The normalized spacial score (nSPS) is 11.7. The Balaban J connectivity index is 1.50. The summed E-state index contributed by atoms with van der Waals surface area (Å²) in [6.07, 6.45) is 3.74. The summed E-state index contributed by atoms with van der Waals surface area (Å²) in [5, 5.41) is 4.65. The lowest BCUT2D eigenvalue weighted by Crippen LogP contribution is -1.99. The van der Waals surface area contributed by atoms with Crippen LogP contribution in [0.1, 0.15) is 0 Å². The largest absolute Gasteiger partial charge is 0.419 e. The molecule has 0 fully saturated rings. The van der Waals surface area contributed by atoms with Gasteiger partial charge in [0.2, 0.25) is 11.8 Å². The molecule has 0 atom stereocenters. The van der Waals surface area contributed by atoms with Gasteiger partial charge in [-0.15, -0.1) is 0 Å². The van der Waals surface area contributed by atoms with Gasteiger partial charge in [-0.2, -0.15) is 0 Å². The highest BCUT2D eigenvalue weighted by molar-refractivity contribution is 6.23. The van der Waals surface area contributed by atoms with E-state index >= 15 is 0 Å². The molecule has 4 heterocycles. The van der Waals surface area contributed by atoms with Crippen molar-refractivity contribution in [2.45, 2.75) is 0 Å². The van der Waals surface area contributed by atoms with E-state index in [4.69, 9.17) is 9.40 Å². The van der Waals surface area contributed by atoms with Gasteiger partial charge in [-0.1, -0.05) is 97.1 Å². The van der Waals surface area contributed by atoms with Gasteiger partial charge < -0.3 is 8.98 Å². The Morgan fingerprint density at radius 3 is 1.72 bits per heavy atom. The van der Waals surface area contributed by atoms with Crippen LogP contribution in [0.25, 0.3) is 77.9 Å². The van der Waals surface area contributed by atoms with Crippen molar-refractivity contribution in [1.29, 1.82) is 0 Å². The molecule has 202 valence electrons. The summed E-state index contributed by atoms with van der Waals surface area (Å²) in [6.45, 7) is 0. The summed E-state index contributed by atoms with van der Waals surface area (Å²) in [5.74, 6) is 1.27. The minimum Gasteiger partial charge on any atom is -0.419 e. The molecule has 0 unspecified atom stereocenters. The zero-order valence-corrected chi connectivity index (χ0v) is 23.1. The number of hydrogen-bond acceptors (Lipinski definition) is 3. The molecule has 0 bridgehead atoms. The number of hydrogen-bond donors (Lipinski definition) is 0. The summed E-state index contributed by atoms with van der Waals surface area (Å²) in [7, 11) is 0. The van der Waals surface area contributed by atoms with Crippen LogP contribution in [-0.4, -0.2) is 19.1 Å². The van der Waals surface area contributed by atoms with Gasteiger partial charge in [0.25, 0.3) is 0 Å². The fourth-order valence-electron chi connectivity index (χ4n) is 6.42. The van der Waals surface area contributed by atoms with Crippen LogP contribution < -0.4 is 0 Å². The molecule has 5 heteroatoms. The Labute approximate surface area is 246 Å². The maximum absolute atomic E-state index is 6.81. The zero-order chi connectivity index (χ0) is 28.3. The van der Waals surface area contributed by atoms with Gasteiger partial charge in [0.05, 0.1) is 34.0 Å². The molecular weight excluding hydrogens is 528 g/mol. The highest BCUT2D eigenvalue weighted by Crippen LogP contribution is 2.43. The molecule has 4 aromatic heterocycles. The van der Waals surface area contributed by atoms with Crippen molar-refractivity contribution in [3.63, 3.8) is 0 Å². The van der Waals surface area contributed by atoms with E-state index in [1.165, 1.54) is 10.8 Å². The SMILES string of the molecule is c1ccc(-c2nc(-c3ccccc3)c(-n3c4ccccc4c4ccc5c6ccccc6n(-c6cccnc6)c5c43)o2)cc1. The molecule has 9 rings (SSSR count). The molecule has 5 aromatic carbocycles. The maximum Gasteiger partial charge on any atom is 0.233 e. The van der Waals surface area contributed by atoms with E-state index in [1.54, 1.807) is 0 Å². The number of benzene rings is 5. The van der Waals surface area contributed by atoms with Crippen LogP contribution in [0.3, 0.4) is 0 Å². The average molecular weight is 553 g/mol. The first-order valence-electron chi connectivity index (χ1n) is 14.3. The Bertz CT molecular complexity index is 2440. The smallest absolute Gasteiger partial charge is 0.233 e. The summed E-state index contributed by atoms with van der Waals surface area (Å²) >= 11 is 0. The van der Waals surface area contributed by atoms with Crippen molar-refractivity contribution < 1.29 is 4.42 Å². The monoisotopic (exact) mass is 552 g/mol. The summed E-state index contributed by atoms with van der Waals surface area (Å²) in [6, 6.07) is 46.1. The molecule has 0 amide bonds. The lowest BCUT2D eigenvalue weighted by Gasteiger charge is -2.11. The first-order chi connectivity index (χ1) is 21.4. The Morgan fingerprint density at radius 1 is 0.488 bits per heavy atom. The lowest BCUT2D eigenvalue weighted by molar-refractivity contribution is 0.555. The maximum atomic E-state index is 6.81. The van der Waals surface area contributed by atoms with Crippen molar-refractivity contribution in [1.82, 2.24) is 19.1 Å². The number of para-hydroxylation sites is 2. The molecule has 43 heavy (non-hydrogen) atoms.